The van der Waals surface area contributed by atoms with E-state index in [1.807, 2.05) is 12.1 Å². The number of aromatic amines is 1. The molecule has 2 heterocycles. The minimum atomic E-state index is 0.559. The third kappa shape index (κ3) is 2.77. The van der Waals surface area contributed by atoms with Crippen molar-refractivity contribution in [2.45, 2.75) is 50.6 Å². The summed E-state index contributed by atoms with van der Waals surface area (Å²) in [7, 11) is 0. The second-order valence-corrected chi connectivity index (χ2v) is 6.50. The van der Waals surface area contributed by atoms with E-state index in [-0.39, 0.29) is 0 Å². The van der Waals surface area contributed by atoms with Crippen LogP contribution in [0.2, 0.25) is 0 Å². The summed E-state index contributed by atoms with van der Waals surface area (Å²) in [5, 5.41) is 3.59. The quantitative estimate of drug-likeness (QED) is 0.908. The molecule has 0 atom stereocenters. The molecule has 0 bridgehead atoms. The van der Waals surface area contributed by atoms with Crippen LogP contribution in [0.25, 0.3) is 11.0 Å². The topological polar surface area (TPSA) is 44.0 Å². The number of hydrogen-bond acceptors (Lipinski definition) is 3. The molecule has 112 valence electrons. The fourth-order valence-electron chi connectivity index (χ4n) is 3.89. The zero-order valence-electron chi connectivity index (χ0n) is 12.5. The second kappa shape index (κ2) is 5.68. The highest BCUT2D eigenvalue weighted by Gasteiger charge is 2.27. The van der Waals surface area contributed by atoms with Gasteiger partial charge in [-0.2, -0.15) is 0 Å². The van der Waals surface area contributed by atoms with Gasteiger partial charge in [0.1, 0.15) is 0 Å². The van der Waals surface area contributed by atoms with Gasteiger partial charge in [-0.15, -0.1) is 0 Å². The fraction of sp³-hybridized carbons (Fsp3) is 0.588. The molecule has 0 radical (unpaired) electrons. The predicted octanol–water partition coefficient (Wildman–Crippen LogP) is 3.38. The molecule has 1 aromatic carbocycles. The van der Waals surface area contributed by atoms with Crippen molar-refractivity contribution in [2.75, 3.05) is 18.4 Å². The van der Waals surface area contributed by atoms with E-state index in [4.69, 9.17) is 0 Å². The molecule has 0 unspecified atom stereocenters. The van der Waals surface area contributed by atoms with Gasteiger partial charge in [-0.3, -0.25) is 0 Å². The Labute approximate surface area is 125 Å². The summed E-state index contributed by atoms with van der Waals surface area (Å²) in [6, 6.07) is 9.65. The van der Waals surface area contributed by atoms with Crippen LogP contribution in [0, 0.1) is 0 Å². The van der Waals surface area contributed by atoms with E-state index in [1.165, 1.54) is 51.6 Å². The number of rotatable bonds is 3. The summed E-state index contributed by atoms with van der Waals surface area (Å²) in [6.07, 6.45) is 8.16. The van der Waals surface area contributed by atoms with Crippen LogP contribution < -0.4 is 5.32 Å². The first-order valence-corrected chi connectivity index (χ1v) is 8.34. The Bertz CT molecular complexity index is 559. The standard InChI is InChI=1S/C17H24N4/c1-2-6-14(5-1)21-11-9-13(10-12-21)18-17-19-15-7-3-4-8-16(15)20-17/h3-4,7-8,13-14H,1-2,5-6,9-12H2,(H2,18,19,20). The highest BCUT2D eigenvalue weighted by atomic mass is 15.2. The van der Waals surface area contributed by atoms with Crippen molar-refractivity contribution in [2.24, 2.45) is 0 Å². The van der Waals surface area contributed by atoms with Crippen LogP contribution in [0.5, 0.6) is 0 Å². The average molecular weight is 284 g/mol. The van der Waals surface area contributed by atoms with Crippen LogP contribution in [-0.4, -0.2) is 40.0 Å². The number of nitrogens with zero attached hydrogens (tertiary/aromatic N) is 2. The van der Waals surface area contributed by atoms with Crippen LogP contribution in [0.15, 0.2) is 24.3 Å². The van der Waals surface area contributed by atoms with E-state index >= 15 is 0 Å². The summed E-state index contributed by atoms with van der Waals surface area (Å²) in [4.78, 5) is 10.7. The molecule has 0 spiro atoms. The van der Waals surface area contributed by atoms with Crippen molar-refractivity contribution in [3.8, 4) is 0 Å². The van der Waals surface area contributed by atoms with Crippen LogP contribution >= 0.6 is 0 Å². The maximum Gasteiger partial charge on any atom is 0.201 e. The fourth-order valence-corrected chi connectivity index (χ4v) is 3.89. The maximum atomic E-state index is 4.62. The lowest BCUT2D eigenvalue weighted by Gasteiger charge is -2.36. The van der Waals surface area contributed by atoms with Gasteiger partial charge in [0.2, 0.25) is 5.95 Å². The minimum Gasteiger partial charge on any atom is -0.353 e. The Morgan fingerprint density at radius 2 is 1.81 bits per heavy atom. The van der Waals surface area contributed by atoms with Crippen molar-refractivity contribution in [3.05, 3.63) is 24.3 Å². The normalized spacial score (nSPS) is 22.1. The number of likely N-dealkylation sites (tertiary alicyclic amines) is 1. The first-order chi connectivity index (χ1) is 10.4. The second-order valence-electron chi connectivity index (χ2n) is 6.50. The van der Waals surface area contributed by atoms with Crippen molar-refractivity contribution in [3.63, 3.8) is 0 Å². The summed E-state index contributed by atoms with van der Waals surface area (Å²) >= 11 is 0. The number of aromatic nitrogens is 2. The number of hydrogen-bond donors (Lipinski definition) is 2. The van der Waals surface area contributed by atoms with Crippen molar-refractivity contribution in [1.29, 1.82) is 0 Å². The number of fused-ring (bicyclic) bond motifs is 1. The summed E-state index contributed by atoms with van der Waals surface area (Å²) < 4.78 is 0. The molecule has 1 aromatic heterocycles. The molecule has 21 heavy (non-hydrogen) atoms. The highest BCUT2D eigenvalue weighted by molar-refractivity contribution is 5.77. The molecule has 4 rings (SSSR count). The zero-order chi connectivity index (χ0) is 14.1. The highest BCUT2D eigenvalue weighted by Crippen LogP contribution is 2.27. The van der Waals surface area contributed by atoms with Gasteiger partial charge in [-0.05, 0) is 37.8 Å². The molecular weight excluding hydrogens is 260 g/mol. The van der Waals surface area contributed by atoms with Crippen molar-refractivity contribution < 1.29 is 0 Å². The molecule has 4 heteroatoms. The van der Waals surface area contributed by atoms with Gasteiger partial charge in [0.15, 0.2) is 0 Å². The molecule has 2 fully saturated rings. The Kier molecular flexibility index (Phi) is 3.55. The van der Waals surface area contributed by atoms with Crippen LogP contribution in [-0.2, 0) is 0 Å². The third-order valence-corrected chi connectivity index (χ3v) is 5.10. The van der Waals surface area contributed by atoms with Gasteiger partial charge in [0, 0.05) is 25.2 Å². The van der Waals surface area contributed by atoms with E-state index < -0.39 is 0 Å². The van der Waals surface area contributed by atoms with Crippen molar-refractivity contribution in [1.82, 2.24) is 14.9 Å². The zero-order valence-corrected chi connectivity index (χ0v) is 12.5. The number of para-hydroxylation sites is 2. The lowest BCUT2D eigenvalue weighted by Crippen LogP contribution is -2.43. The van der Waals surface area contributed by atoms with Gasteiger partial charge >= 0.3 is 0 Å². The predicted molar refractivity (Wildman–Crippen MR) is 86.6 cm³/mol. The molecule has 2 aliphatic rings. The molecule has 1 saturated heterocycles. The molecular formula is C17H24N4. The number of imidazole rings is 1. The largest absolute Gasteiger partial charge is 0.353 e. The molecule has 2 N–H and O–H groups in total. The molecule has 1 aliphatic heterocycles. The Morgan fingerprint density at radius 3 is 2.57 bits per heavy atom. The van der Waals surface area contributed by atoms with E-state index in [2.05, 4.69) is 32.3 Å². The molecule has 1 saturated carbocycles. The SMILES string of the molecule is c1ccc2[nH]c(NC3CCN(C4CCCC4)CC3)nc2c1. The minimum absolute atomic E-state index is 0.559. The van der Waals surface area contributed by atoms with Gasteiger partial charge in [0.05, 0.1) is 11.0 Å². The molecule has 0 amide bonds. The van der Waals surface area contributed by atoms with E-state index in [1.54, 1.807) is 0 Å². The van der Waals surface area contributed by atoms with Gasteiger partial charge in [-0.25, -0.2) is 4.98 Å². The van der Waals surface area contributed by atoms with E-state index in [0.29, 0.717) is 6.04 Å². The van der Waals surface area contributed by atoms with Crippen molar-refractivity contribution >= 4 is 17.0 Å². The summed E-state index contributed by atoms with van der Waals surface area (Å²) in [5.41, 5.74) is 2.16. The number of piperidine rings is 1. The monoisotopic (exact) mass is 284 g/mol. The maximum absolute atomic E-state index is 4.62. The van der Waals surface area contributed by atoms with E-state index in [9.17, 15) is 0 Å². The van der Waals surface area contributed by atoms with Gasteiger partial charge in [-0.1, -0.05) is 25.0 Å². The number of H-pyrrole nitrogens is 1. The lowest BCUT2D eigenvalue weighted by molar-refractivity contribution is 0.159. The van der Waals surface area contributed by atoms with E-state index in [0.717, 1.165) is 23.0 Å². The first kappa shape index (κ1) is 13.1. The third-order valence-electron chi connectivity index (χ3n) is 5.10. The average Bonchev–Trinajstić information content (AvgIpc) is 3.17. The van der Waals surface area contributed by atoms with Crippen LogP contribution in [0.4, 0.5) is 5.95 Å². The molecule has 2 aromatic rings. The Morgan fingerprint density at radius 1 is 1.05 bits per heavy atom. The van der Waals surface area contributed by atoms with Gasteiger partial charge in [0.25, 0.3) is 0 Å². The number of benzene rings is 1. The Hall–Kier alpha value is -1.55. The molecule has 1 aliphatic carbocycles. The first-order valence-electron chi connectivity index (χ1n) is 8.34. The van der Waals surface area contributed by atoms with Crippen LogP contribution in [0.1, 0.15) is 38.5 Å². The Balaban J connectivity index is 1.35. The smallest absolute Gasteiger partial charge is 0.201 e. The lowest BCUT2D eigenvalue weighted by atomic mass is 10.0. The number of nitrogens with one attached hydrogen (secondary N) is 2. The van der Waals surface area contributed by atoms with Gasteiger partial charge < -0.3 is 15.2 Å². The van der Waals surface area contributed by atoms with Crippen LogP contribution in [0.3, 0.4) is 0 Å². The summed E-state index contributed by atoms with van der Waals surface area (Å²) in [5.74, 6) is 0.926. The summed E-state index contributed by atoms with van der Waals surface area (Å²) in [6.45, 7) is 2.48. The molecule has 4 nitrogen and oxygen atoms in total. The number of anilines is 1.